The van der Waals surface area contributed by atoms with Crippen LogP contribution < -0.4 is 5.32 Å². The number of aryl methyl sites for hydroxylation is 1. The molecule has 0 radical (unpaired) electrons. The van der Waals surface area contributed by atoms with Crippen LogP contribution in [0.1, 0.15) is 5.56 Å². The van der Waals surface area contributed by atoms with Gasteiger partial charge in [-0.25, -0.2) is 10.0 Å². The summed E-state index contributed by atoms with van der Waals surface area (Å²) in [6.45, 7) is 1.68. The van der Waals surface area contributed by atoms with Gasteiger partial charge in [0, 0.05) is 37.1 Å². The molecule has 0 aliphatic carbocycles. The Hall–Kier alpha value is -3.08. The number of nitrogens with zero attached hydrogens (tertiary/aromatic N) is 4. The van der Waals surface area contributed by atoms with Crippen LogP contribution in [-0.4, -0.2) is 41.9 Å². The molecular weight excluding hydrogens is 310 g/mol. The van der Waals surface area contributed by atoms with Gasteiger partial charge in [-0.2, -0.15) is 5.10 Å². The first-order valence-electron chi connectivity index (χ1n) is 8.44. The number of aliphatic imine (C=N–C) groups is 1. The van der Waals surface area contributed by atoms with Gasteiger partial charge in [0.2, 0.25) is 5.96 Å². The van der Waals surface area contributed by atoms with Crippen molar-refractivity contribution in [1.29, 1.82) is 0 Å². The second kappa shape index (κ2) is 6.43. The highest BCUT2D eigenvalue weighted by molar-refractivity contribution is 6.06. The maximum absolute atomic E-state index is 4.63. The summed E-state index contributed by atoms with van der Waals surface area (Å²) in [7, 11) is 4.02. The predicted molar refractivity (Wildman–Crippen MR) is 104 cm³/mol. The van der Waals surface area contributed by atoms with Crippen molar-refractivity contribution in [2.75, 3.05) is 20.1 Å². The van der Waals surface area contributed by atoms with Crippen LogP contribution in [-0.2, 0) is 7.05 Å². The molecule has 0 spiro atoms. The van der Waals surface area contributed by atoms with Crippen LogP contribution in [0, 0.1) is 0 Å². The summed E-state index contributed by atoms with van der Waals surface area (Å²) in [5.41, 5.74) is 4.67. The van der Waals surface area contributed by atoms with Crippen molar-refractivity contribution in [3.8, 4) is 11.3 Å². The van der Waals surface area contributed by atoms with Crippen LogP contribution in [0.5, 0.6) is 0 Å². The molecular formula is C20H21N5. The minimum Gasteiger partial charge on any atom is -0.353 e. The zero-order chi connectivity index (χ0) is 17.2. The number of hydrogen-bond acceptors (Lipinski definition) is 4. The maximum atomic E-state index is 4.63. The number of aromatic nitrogens is 1. The van der Waals surface area contributed by atoms with E-state index in [0.29, 0.717) is 0 Å². The molecule has 2 aromatic carbocycles. The van der Waals surface area contributed by atoms with Crippen LogP contribution in [0.25, 0.3) is 22.2 Å². The SMILES string of the molecule is CN(/N=C/c1c(-c2ccccc2)n(C)c2ccccc12)C1=NCCN1. The highest BCUT2D eigenvalue weighted by Crippen LogP contribution is 2.31. The molecule has 5 nitrogen and oxygen atoms in total. The van der Waals surface area contributed by atoms with E-state index >= 15 is 0 Å². The second-order valence-electron chi connectivity index (χ2n) is 6.10. The van der Waals surface area contributed by atoms with E-state index in [1.165, 1.54) is 22.2 Å². The maximum Gasteiger partial charge on any atom is 0.214 e. The van der Waals surface area contributed by atoms with E-state index in [1.54, 1.807) is 5.01 Å². The number of rotatable bonds is 3. The van der Waals surface area contributed by atoms with Gasteiger partial charge in [0.05, 0.1) is 18.5 Å². The van der Waals surface area contributed by atoms with E-state index in [-0.39, 0.29) is 0 Å². The Morgan fingerprint density at radius 3 is 2.64 bits per heavy atom. The summed E-state index contributed by atoms with van der Waals surface area (Å²) in [6.07, 6.45) is 1.94. The smallest absolute Gasteiger partial charge is 0.214 e. The molecule has 0 unspecified atom stereocenters. The number of para-hydroxylation sites is 1. The molecule has 0 bridgehead atoms. The summed E-state index contributed by atoms with van der Waals surface area (Å²) in [6, 6.07) is 18.9. The molecule has 2 heterocycles. The quantitative estimate of drug-likeness (QED) is 0.592. The molecule has 25 heavy (non-hydrogen) atoms. The molecule has 0 atom stereocenters. The minimum atomic E-state index is 0.804. The Kier molecular flexibility index (Phi) is 3.98. The first kappa shape index (κ1) is 15.4. The lowest BCUT2D eigenvalue weighted by atomic mass is 10.1. The monoisotopic (exact) mass is 331 g/mol. The van der Waals surface area contributed by atoms with Gasteiger partial charge in [0.1, 0.15) is 0 Å². The molecule has 5 heteroatoms. The summed E-state index contributed by atoms with van der Waals surface area (Å²) >= 11 is 0. The molecule has 3 aromatic rings. The van der Waals surface area contributed by atoms with Gasteiger partial charge in [-0.05, 0) is 11.6 Å². The highest BCUT2D eigenvalue weighted by atomic mass is 15.5. The molecule has 126 valence electrons. The zero-order valence-corrected chi connectivity index (χ0v) is 14.5. The average molecular weight is 331 g/mol. The summed E-state index contributed by atoms with van der Waals surface area (Å²) in [5, 5.41) is 10.9. The molecule has 0 saturated heterocycles. The molecule has 0 amide bonds. The van der Waals surface area contributed by atoms with E-state index in [9.17, 15) is 0 Å². The Balaban J connectivity index is 1.84. The molecule has 0 fully saturated rings. The lowest BCUT2D eigenvalue weighted by Crippen LogP contribution is -2.32. The molecule has 4 rings (SSSR count). The standard InChI is InChI=1S/C20H21N5/c1-24-18-11-7-6-10-16(18)17(19(24)15-8-4-3-5-9-15)14-23-25(2)20-21-12-13-22-20/h3-11,14H,12-13H2,1-2H3,(H,21,22)/b23-14+. The fraction of sp³-hybridized carbons (Fsp3) is 0.200. The van der Waals surface area contributed by atoms with Crippen molar-refractivity contribution in [3.05, 3.63) is 60.2 Å². The lowest BCUT2D eigenvalue weighted by Gasteiger charge is -2.12. The normalized spacial score (nSPS) is 14.1. The summed E-state index contributed by atoms with van der Waals surface area (Å²) in [5.74, 6) is 0.817. The van der Waals surface area contributed by atoms with Gasteiger partial charge in [0.15, 0.2) is 0 Å². The number of hydrogen-bond donors (Lipinski definition) is 1. The number of hydrazone groups is 1. The van der Waals surface area contributed by atoms with E-state index in [1.807, 2.05) is 19.3 Å². The zero-order valence-electron chi connectivity index (χ0n) is 14.5. The molecule has 1 aliphatic heterocycles. The average Bonchev–Trinajstić information content (AvgIpc) is 3.28. The third-order valence-corrected chi connectivity index (χ3v) is 4.52. The van der Waals surface area contributed by atoms with Crippen LogP contribution in [0.15, 0.2) is 64.7 Å². The fourth-order valence-corrected chi connectivity index (χ4v) is 3.30. The lowest BCUT2D eigenvalue weighted by molar-refractivity contribution is 0.531. The van der Waals surface area contributed by atoms with E-state index in [2.05, 4.69) is 75.6 Å². The van der Waals surface area contributed by atoms with Crippen LogP contribution in [0.4, 0.5) is 0 Å². The van der Waals surface area contributed by atoms with Gasteiger partial charge >= 0.3 is 0 Å². The van der Waals surface area contributed by atoms with Crippen molar-refractivity contribution >= 4 is 23.1 Å². The van der Waals surface area contributed by atoms with Gasteiger partial charge in [-0.15, -0.1) is 0 Å². The van der Waals surface area contributed by atoms with Gasteiger partial charge in [0.25, 0.3) is 0 Å². The van der Waals surface area contributed by atoms with Crippen LogP contribution >= 0.6 is 0 Å². The van der Waals surface area contributed by atoms with E-state index in [4.69, 9.17) is 0 Å². The van der Waals surface area contributed by atoms with Crippen LogP contribution in [0.2, 0.25) is 0 Å². The van der Waals surface area contributed by atoms with Crippen molar-refractivity contribution in [2.24, 2.45) is 17.1 Å². The van der Waals surface area contributed by atoms with Crippen LogP contribution in [0.3, 0.4) is 0 Å². The third kappa shape index (κ3) is 2.78. The van der Waals surface area contributed by atoms with Gasteiger partial charge in [-0.1, -0.05) is 48.5 Å². The Bertz CT molecular complexity index is 953. The predicted octanol–water partition coefficient (Wildman–Crippen LogP) is 3.07. The number of fused-ring (bicyclic) bond motifs is 1. The van der Waals surface area contributed by atoms with Crippen molar-refractivity contribution < 1.29 is 0 Å². The summed E-state index contributed by atoms with van der Waals surface area (Å²) in [4.78, 5) is 4.41. The van der Waals surface area contributed by atoms with Crippen molar-refractivity contribution in [1.82, 2.24) is 14.9 Å². The molecule has 1 aromatic heterocycles. The third-order valence-electron chi connectivity index (χ3n) is 4.52. The fourth-order valence-electron chi connectivity index (χ4n) is 3.30. The Labute approximate surface area is 147 Å². The van der Waals surface area contributed by atoms with Gasteiger partial charge in [-0.3, -0.25) is 0 Å². The first-order chi connectivity index (χ1) is 12.3. The number of nitrogens with one attached hydrogen (secondary N) is 1. The molecule has 1 aliphatic rings. The number of guanidine groups is 1. The van der Waals surface area contributed by atoms with Crippen molar-refractivity contribution in [2.45, 2.75) is 0 Å². The van der Waals surface area contributed by atoms with Gasteiger partial charge < -0.3 is 9.88 Å². The van der Waals surface area contributed by atoms with E-state index < -0.39 is 0 Å². The Morgan fingerprint density at radius 1 is 1.12 bits per heavy atom. The topological polar surface area (TPSA) is 44.9 Å². The Morgan fingerprint density at radius 2 is 1.88 bits per heavy atom. The largest absolute Gasteiger partial charge is 0.353 e. The number of benzene rings is 2. The first-order valence-corrected chi connectivity index (χ1v) is 8.44. The van der Waals surface area contributed by atoms with Crippen molar-refractivity contribution in [3.63, 3.8) is 0 Å². The molecule has 1 N–H and O–H groups in total. The minimum absolute atomic E-state index is 0.804. The van der Waals surface area contributed by atoms with E-state index in [0.717, 1.165) is 24.6 Å². The highest BCUT2D eigenvalue weighted by Gasteiger charge is 2.15. The molecule has 0 saturated carbocycles. The summed E-state index contributed by atoms with van der Waals surface area (Å²) < 4.78 is 2.23. The second-order valence-corrected chi connectivity index (χ2v) is 6.10.